The van der Waals surface area contributed by atoms with Gasteiger partial charge in [-0.25, -0.2) is 4.98 Å². The summed E-state index contributed by atoms with van der Waals surface area (Å²) in [5, 5.41) is 3.19. The van der Waals surface area contributed by atoms with Crippen LogP contribution in [0.3, 0.4) is 0 Å². The highest BCUT2D eigenvalue weighted by Crippen LogP contribution is 2.26. The van der Waals surface area contributed by atoms with E-state index in [1.54, 1.807) is 13.4 Å². The molecule has 120 valence electrons. The number of nitrogens with one attached hydrogen (secondary N) is 1. The monoisotopic (exact) mass is 312 g/mol. The van der Waals surface area contributed by atoms with Gasteiger partial charge in [-0.05, 0) is 31.5 Å². The van der Waals surface area contributed by atoms with Gasteiger partial charge in [-0.15, -0.1) is 0 Å². The van der Waals surface area contributed by atoms with E-state index in [1.807, 2.05) is 28.8 Å². The summed E-state index contributed by atoms with van der Waals surface area (Å²) in [7, 11) is 1.58. The molecule has 0 saturated heterocycles. The van der Waals surface area contributed by atoms with E-state index in [0.717, 1.165) is 16.9 Å². The van der Waals surface area contributed by atoms with Crippen LogP contribution in [0.15, 0.2) is 30.6 Å². The van der Waals surface area contributed by atoms with Crippen LogP contribution in [0.2, 0.25) is 0 Å². The number of nitrogens with zero attached hydrogens (tertiary/aromatic N) is 4. The number of benzene rings is 1. The lowest BCUT2D eigenvalue weighted by Crippen LogP contribution is -2.04. The largest absolute Gasteiger partial charge is 0.479 e. The van der Waals surface area contributed by atoms with Crippen molar-refractivity contribution in [2.24, 2.45) is 5.73 Å². The molecule has 7 heteroatoms. The highest BCUT2D eigenvalue weighted by Gasteiger charge is 2.15. The summed E-state index contributed by atoms with van der Waals surface area (Å²) >= 11 is 0. The zero-order valence-electron chi connectivity index (χ0n) is 13.4. The number of ether oxygens (including phenoxy) is 1. The maximum Gasteiger partial charge on any atom is 0.246 e. The quantitative estimate of drug-likeness (QED) is 0.752. The number of hydrogen-bond acceptors (Lipinski definition) is 6. The van der Waals surface area contributed by atoms with Gasteiger partial charge in [-0.1, -0.05) is 12.1 Å². The second kappa shape index (κ2) is 6.21. The maximum atomic E-state index is 5.61. The van der Waals surface area contributed by atoms with E-state index < -0.39 is 0 Å². The average molecular weight is 312 g/mol. The van der Waals surface area contributed by atoms with E-state index in [4.69, 9.17) is 10.5 Å². The minimum atomic E-state index is 0.247. The van der Waals surface area contributed by atoms with Crippen molar-refractivity contribution < 1.29 is 4.74 Å². The zero-order chi connectivity index (χ0) is 16.4. The molecule has 0 spiro atoms. The molecule has 0 bridgehead atoms. The smallest absolute Gasteiger partial charge is 0.246 e. The van der Waals surface area contributed by atoms with Crippen LogP contribution in [-0.2, 0) is 6.54 Å². The molecule has 3 N–H and O–H groups in total. The molecule has 0 fully saturated rings. The van der Waals surface area contributed by atoms with Crippen molar-refractivity contribution in [1.82, 2.24) is 19.5 Å². The van der Waals surface area contributed by atoms with Crippen LogP contribution >= 0.6 is 0 Å². The van der Waals surface area contributed by atoms with E-state index in [0.29, 0.717) is 23.9 Å². The van der Waals surface area contributed by atoms with Crippen LogP contribution in [0, 0.1) is 0 Å². The number of hydrogen-bond donors (Lipinski definition) is 2. The molecule has 0 unspecified atom stereocenters. The molecule has 3 rings (SSSR count). The van der Waals surface area contributed by atoms with E-state index in [9.17, 15) is 0 Å². The third kappa shape index (κ3) is 2.95. The second-order valence-corrected chi connectivity index (χ2v) is 5.50. The topological polar surface area (TPSA) is 90.9 Å². The number of nitrogens with two attached hydrogens (primary N) is 1. The molecule has 0 amide bonds. The Kier molecular flexibility index (Phi) is 4.12. The van der Waals surface area contributed by atoms with Crippen LogP contribution in [-0.4, -0.2) is 26.6 Å². The Bertz CT molecular complexity index is 809. The molecule has 0 aliphatic carbocycles. The number of anilines is 2. The van der Waals surface area contributed by atoms with Gasteiger partial charge in [0.2, 0.25) is 11.8 Å². The van der Waals surface area contributed by atoms with E-state index in [1.165, 1.54) is 0 Å². The number of rotatable bonds is 5. The minimum Gasteiger partial charge on any atom is -0.479 e. The molecule has 3 aromatic rings. The molecule has 0 aliphatic rings. The average Bonchev–Trinajstić information content (AvgIpc) is 2.99. The molecule has 1 aromatic carbocycles. The third-order valence-electron chi connectivity index (χ3n) is 3.58. The van der Waals surface area contributed by atoms with Crippen LogP contribution < -0.4 is 15.8 Å². The van der Waals surface area contributed by atoms with Gasteiger partial charge in [0.25, 0.3) is 0 Å². The van der Waals surface area contributed by atoms with Crippen LogP contribution in [0.4, 0.5) is 11.6 Å². The molecule has 2 heterocycles. The van der Waals surface area contributed by atoms with Crippen molar-refractivity contribution in [3.63, 3.8) is 0 Å². The summed E-state index contributed by atoms with van der Waals surface area (Å²) < 4.78 is 7.34. The lowest BCUT2D eigenvalue weighted by atomic mass is 10.2. The fraction of sp³-hybridized carbons (Fsp3) is 0.312. The minimum absolute atomic E-state index is 0.247. The van der Waals surface area contributed by atoms with Crippen molar-refractivity contribution in [3.05, 3.63) is 36.2 Å². The van der Waals surface area contributed by atoms with E-state index in [-0.39, 0.29) is 6.04 Å². The molecule has 0 saturated carbocycles. The molecule has 23 heavy (non-hydrogen) atoms. The summed E-state index contributed by atoms with van der Waals surface area (Å²) in [6.45, 7) is 4.67. The summed E-state index contributed by atoms with van der Waals surface area (Å²) in [5.74, 6) is 0.924. The second-order valence-electron chi connectivity index (χ2n) is 5.50. The van der Waals surface area contributed by atoms with E-state index in [2.05, 4.69) is 34.1 Å². The number of imidazole rings is 1. The van der Waals surface area contributed by atoms with Crippen LogP contribution in [0.5, 0.6) is 5.88 Å². The zero-order valence-corrected chi connectivity index (χ0v) is 13.4. The molecule has 0 atom stereocenters. The number of fused-ring (bicyclic) bond motifs is 1. The first-order chi connectivity index (χ1) is 11.1. The summed E-state index contributed by atoms with van der Waals surface area (Å²) in [5.41, 5.74) is 8.98. The summed E-state index contributed by atoms with van der Waals surface area (Å²) in [6, 6.07) is 8.08. The fourth-order valence-corrected chi connectivity index (χ4v) is 2.32. The van der Waals surface area contributed by atoms with E-state index >= 15 is 0 Å². The Labute approximate surface area is 134 Å². The van der Waals surface area contributed by atoms with Gasteiger partial charge in [0, 0.05) is 18.3 Å². The lowest BCUT2D eigenvalue weighted by molar-refractivity contribution is 0.402. The Balaban J connectivity index is 2.00. The lowest BCUT2D eigenvalue weighted by Gasteiger charge is -2.10. The molecule has 0 aliphatic heterocycles. The Hall–Kier alpha value is -2.67. The molecular weight excluding hydrogens is 292 g/mol. The first-order valence-electron chi connectivity index (χ1n) is 7.47. The van der Waals surface area contributed by atoms with Crippen LogP contribution in [0.1, 0.15) is 25.5 Å². The van der Waals surface area contributed by atoms with Gasteiger partial charge in [0.05, 0.1) is 13.4 Å². The first-order valence-corrected chi connectivity index (χ1v) is 7.47. The Morgan fingerprint density at radius 1 is 1.22 bits per heavy atom. The summed E-state index contributed by atoms with van der Waals surface area (Å²) in [4.78, 5) is 13.3. The SMILES string of the molecule is COc1nc(Nc2ccc(CN)cc2)nc2c1ncn2C(C)C. The number of methoxy groups -OCH3 is 1. The maximum absolute atomic E-state index is 5.61. The van der Waals surface area contributed by atoms with Crippen LogP contribution in [0.25, 0.3) is 11.2 Å². The van der Waals surface area contributed by atoms with Gasteiger partial charge in [0.15, 0.2) is 11.2 Å². The van der Waals surface area contributed by atoms with Gasteiger partial charge in [-0.2, -0.15) is 9.97 Å². The molecule has 7 nitrogen and oxygen atoms in total. The Morgan fingerprint density at radius 2 is 1.96 bits per heavy atom. The molecule has 0 radical (unpaired) electrons. The van der Waals surface area contributed by atoms with Gasteiger partial charge in [0.1, 0.15) is 0 Å². The van der Waals surface area contributed by atoms with Crippen molar-refractivity contribution >= 4 is 22.8 Å². The van der Waals surface area contributed by atoms with Crippen molar-refractivity contribution in [2.75, 3.05) is 12.4 Å². The Morgan fingerprint density at radius 3 is 2.57 bits per heavy atom. The van der Waals surface area contributed by atoms with Crippen molar-refractivity contribution in [1.29, 1.82) is 0 Å². The number of aromatic nitrogens is 4. The van der Waals surface area contributed by atoms with Gasteiger partial charge < -0.3 is 20.4 Å². The van der Waals surface area contributed by atoms with Crippen molar-refractivity contribution in [2.45, 2.75) is 26.4 Å². The fourth-order valence-electron chi connectivity index (χ4n) is 2.32. The van der Waals surface area contributed by atoms with Gasteiger partial charge in [-0.3, -0.25) is 0 Å². The predicted octanol–water partition coefficient (Wildman–Crippen LogP) is 2.62. The molecule has 2 aromatic heterocycles. The molecular formula is C16H20N6O. The third-order valence-corrected chi connectivity index (χ3v) is 3.58. The normalized spacial score (nSPS) is 11.2. The highest BCUT2D eigenvalue weighted by molar-refractivity contribution is 5.78. The van der Waals surface area contributed by atoms with Gasteiger partial charge >= 0.3 is 0 Å². The van der Waals surface area contributed by atoms with Crippen molar-refractivity contribution in [3.8, 4) is 5.88 Å². The summed E-state index contributed by atoms with van der Waals surface area (Å²) in [6.07, 6.45) is 1.76. The predicted molar refractivity (Wildman–Crippen MR) is 89.9 cm³/mol. The first kappa shape index (κ1) is 15.2. The standard InChI is InChI=1S/C16H20N6O/c1-10(2)22-9-18-13-14(22)20-16(21-15(13)23-3)19-12-6-4-11(8-17)5-7-12/h4-7,9-10H,8,17H2,1-3H3,(H,19,20,21). The highest BCUT2D eigenvalue weighted by atomic mass is 16.5.